The van der Waals surface area contributed by atoms with E-state index in [1.807, 2.05) is 24.3 Å². The molecule has 24 heavy (non-hydrogen) atoms. The SMILES string of the molecule is O=C(Cn1cccc1C(=O)c1ccccc1)NC1CCCCCC1. The number of hydrogen-bond acceptors (Lipinski definition) is 2. The minimum atomic E-state index is -0.0529. The number of aromatic nitrogens is 1. The molecule has 0 radical (unpaired) electrons. The molecule has 2 aromatic rings. The third kappa shape index (κ3) is 4.13. The van der Waals surface area contributed by atoms with E-state index in [4.69, 9.17) is 0 Å². The second-order valence-corrected chi connectivity index (χ2v) is 6.47. The summed E-state index contributed by atoms with van der Waals surface area (Å²) in [5.41, 5.74) is 1.19. The molecule has 1 heterocycles. The van der Waals surface area contributed by atoms with Gasteiger partial charge in [-0.25, -0.2) is 0 Å². The molecule has 0 saturated heterocycles. The lowest BCUT2D eigenvalue weighted by atomic mass is 10.1. The normalized spacial score (nSPS) is 15.7. The molecular weight excluding hydrogens is 300 g/mol. The Labute approximate surface area is 142 Å². The van der Waals surface area contributed by atoms with Crippen LogP contribution in [0.4, 0.5) is 0 Å². The predicted octanol–water partition coefficient (Wildman–Crippen LogP) is 3.56. The minimum absolute atomic E-state index is 0.0137. The maximum Gasteiger partial charge on any atom is 0.240 e. The van der Waals surface area contributed by atoms with Crippen LogP contribution in [0.2, 0.25) is 0 Å². The fourth-order valence-corrected chi connectivity index (χ4v) is 3.35. The molecule has 1 amide bonds. The van der Waals surface area contributed by atoms with Crippen molar-refractivity contribution >= 4 is 11.7 Å². The summed E-state index contributed by atoms with van der Waals surface area (Å²) in [5, 5.41) is 3.13. The van der Waals surface area contributed by atoms with E-state index in [1.54, 1.807) is 29.0 Å². The van der Waals surface area contributed by atoms with Crippen molar-refractivity contribution in [3.05, 3.63) is 59.9 Å². The summed E-state index contributed by atoms with van der Waals surface area (Å²) in [6.07, 6.45) is 8.82. The van der Waals surface area contributed by atoms with E-state index >= 15 is 0 Å². The number of ketones is 1. The maximum absolute atomic E-state index is 12.6. The zero-order valence-corrected chi connectivity index (χ0v) is 13.9. The van der Waals surface area contributed by atoms with Gasteiger partial charge in [0.1, 0.15) is 6.54 Å². The molecule has 4 nitrogen and oxygen atoms in total. The first-order valence-corrected chi connectivity index (χ1v) is 8.78. The zero-order chi connectivity index (χ0) is 16.8. The zero-order valence-electron chi connectivity index (χ0n) is 13.9. The number of nitrogens with one attached hydrogen (secondary N) is 1. The Kier molecular flexibility index (Phi) is 5.47. The van der Waals surface area contributed by atoms with Crippen LogP contribution in [-0.4, -0.2) is 22.3 Å². The van der Waals surface area contributed by atoms with Crippen molar-refractivity contribution in [2.75, 3.05) is 0 Å². The smallest absolute Gasteiger partial charge is 0.240 e. The summed E-state index contributed by atoms with van der Waals surface area (Å²) in [6, 6.07) is 13.0. The molecule has 4 heteroatoms. The molecule has 0 spiro atoms. The summed E-state index contributed by atoms with van der Waals surface area (Å²) in [7, 11) is 0. The lowest BCUT2D eigenvalue weighted by Gasteiger charge is -2.17. The Morgan fingerprint density at radius 2 is 1.67 bits per heavy atom. The molecule has 0 atom stereocenters. The van der Waals surface area contributed by atoms with Crippen molar-refractivity contribution < 1.29 is 9.59 Å². The number of hydrogen-bond donors (Lipinski definition) is 1. The molecule has 1 fully saturated rings. The van der Waals surface area contributed by atoms with Crippen LogP contribution in [0.15, 0.2) is 48.7 Å². The third-order valence-electron chi connectivity index (χ3n) is 4.63. The molecule has 1 aromatic heterocycles. The van der Waals surface area contributed by atoms with Crippen molar-refractivity contribution in [1.82, 2.24) is 9.88 Å². The number of amides is 1. The molecule has 0 unspecified atom stereocenters. The molecule has 0 bridgehead atoms. The van der Waals surface area contributed by atoms with Gasteiger partial charge in [-0.05, 0) is 25.0 Å². The number of benzene rings is 1. The van der Waals surface area contributed by atoms with Gasteiger partial charge in [0.25, 0.3) is 0 Å². The largest absolute Gasteiger partial charge is 0.352 e. The van der Waals surface area contributed by atoms with Crippen LogP contribution in [0.3, 0.4) is 0 Å². The molecule has 126 valence electrons. The van der Waals surface area contributed by atoms with Gasteiger partial charge in [0.15, 0.2) is 0 Å². The quantitative estimate of drug-likeness (QED) is 0.675. The molecule has 1 N–H and O–H groups in total. The Morgan fingerprint density at radius 1 is 0.958 bits per heavy atom. The average molecular weight is 324 g/mol. The van der Waals surface area contributed by atoms with Crippen molar-refractivity contribution in [2.45, 2.75) is 51.1 Å². The topological polar surface area (TPSA) is 51.1 Å². The summed E-state index contributed by atoms with van der Waals surface area (Å²) >= 11 is 0. The summed E-state index contributed by atoms with van der Waals surface area (Å²) in [4.78, 5) is 25.0. The van der Waals surface area contributed by atoms with Crippen molar-refractivity contribution in [2.24, 2.45) is 0 Å². The van der Waals surface area contributed by atoms with Gasteiger partial charge in [-0.3, -0.25) is 9.59 Å². The molecule has 0 aliphatic heterocycles. The summed E-state index contributed by atoms with van der Waals surface area (Å²) in [5.74, 6) is -0.0666. The average Bonchev–Trinajstić information content (AvgIpc) is 2.90. The van der Waals surface area contributed by atoms with Crippen LogP contribution in [0.1, 0.15) is 54.6 Å². The van der Waals surface area contributed by atoms with Gasteiger partial charge in [0, 0.05) is 17.8 Å². The lowest BCUT2D eigenvalue weighted by Crippen LogP contribution is -2.37. The first-order chi connectivity index (χ1) is 11.7. The second kappa shape index (κ2) is 7.95. The van der Waals surface area contributed by atoms with Gasteiger partial charge >= 0.3 is 0 Å². The van der Waals surface area contributed by atoms with E-state index in [9.17, 15) is 9.59 Å². The van der Waals surface area contributed by atoms with Crippen LogP contribution < -0.4 is 5.32 Å². The van der Waals surface area contributed by atoms with E-state index in [-0.39, 0.29) is 24.3 Å². The van der Waals surface area contributed by atoms with E-state index in [0.717, 1.165) is 12.8 Å². The summed E-state index contributed by atoms with van der Waals surface area (Å²) in [6.45, 7) is 0.192. The fraction of sp³-hybridized carbons (Fsp3) is 0.400. The monoisotopic (exact) mass is 324 g/mol. The molecule has 1 saturated carbocycles. The van der Waals surface area contributed by atoms with Gasteiger partial charge in [-0.15, -0.1) is 0 Å². The lowest BCUT2D eigenvalue weighted by molar-refractivity contribution is -0.122. The van der Waals surface area contributed by atoms with Gasteiger partial charge < -0.3 is 9.88 Å². The number of carbonyl (C=O) groups is 2. The van der Waals surface area contributed by atoms with Crippen molar-refractivity contribution in [1.29, 1.82) is 0 Å². The van der Waals surface area contributed by atoms with Crippen molar-refractivity contribution in [3.63, 3.8) is 0 Å². The van der Waals surface area contributed by atoms with Gasteiger partial charge in [-0.1, -0.05) is 56.0 Å². The van der Waals surface area contributed by atoms with Gasteiger partial charge in [0.05, 0.1) is 5.69 Å². The standard InChI is InChI=1S/C20H24N2O2/c23-19(21-17-11-6-1-2-7-12-17)15-22-14-8-13-18(22)20(24)16-9-4-3-5-10-16/h3-5,8-10,13-14,17H,1-2,6-7,11-12,15H2,(H,21,23). The molecular formula is C20H24N2O2. The van der Waals surface area contributed by atoms with Gasteiger partial charge in [0.2, 0.25) is 11.7 Å². The highest BCUT2D eigenvalue weighted by molar-refractivity contribution is 6.08. The Hall–Kier alpha value is -2.36. The Balaban J connectivity index is 1.64. The highest BCUT2D eigenvalue weighted by Crippen LogP contribution is 2.17. The third-order valence-corrected chi connectivity index (χ3v) is 4.63. The van der Waals surface area contributed by atoms with Crippen LogP contribution in [0.5, 0.6) is 0 Å². The first-order valence-electron chi connectivity index (χ1n) is 8.78. The van der Waals surface area contributed by atoms with E-state index < -0.39 is 0 Å². The van der Waals surface area contributed by atoms with Crippen LogP contribution in [0.25, 0.3) is 0 Å². The maximum atomic E-state index is 12.6. The minimum Gasteiger partial charge on any atom is -0.352 e. The molecule has 1 aromatic carbocycles. The Bertz CT molecular complexity index is 683. The highest BCUT2D eigenvalue weighted by atomic mass is 16.2. The molecule has 3 rings (SSSR count). The molecule has 1 aliphatic carbocycles. The molecule has 1 aliphatic rings. The van der Waals surface area contributed by atoms with Gasteiger partial charge in [-0.2, -0.15) is 0 Å². The second-order valence-electron chi connectivity index (χ2n) is 6.47. The Morgan fingerprint density at radius 3 is 2.38 bits per heavy atom. The summed E-state index contributed by atoms with van der Waals surface area (Å²) < 4.78 is 1.74. The predicted molar refractivity (Wildman–Crippen MR) is 93.9 cm³/mol. The van der Waals surface area contributed by atoms with E-state index in [1.165, 1.54) is 25.7 Å². The number of rotatable bonds is 5. The first kappa shape index (κ1) is 16.5. The fourth-order valence-electron chi connectivity index (χ4n) is 3.35. The number of nitrogens with zero attached hydrogens (tertiary/aromatic N) is 1. The van der Waals surface area contributed by atoms with Crippen LogP contribution in [0, 0.1) is 0 Å². The van der Waals surface area contributed by atoms with E-state index in [0.29, 0.717) is 11.3 Å². The van der Waals surface area contributed by atoms with Crippen LogP contribution >= 0.6 is 0 Å². The highest BCUT2D eigenvalue weighted by Gasteiger charge is 2.17. The number of carbonyl (C=O) groups excluding carboxylic acids is 2. The van der Waals surface area contributed by atoms with E-state index in [2.05, 4.69) is 5.32 Å². The van der Waals surface area contributed by atoms with Crippen molar-refractivity contribution in [3.8, 4) is 0 Å². The van der Waals surface area contributed by atoms with Crippen LogP contribution in [-0.2, 0) is 11.3 Å².